The molecule has 0 bridgehead atoms. The number of anilines is 2. The maximum absolute atomic E-state index is 14.6. The second-order valence-electron chi connectivity index (χ2n) is 12.0. The molecular weight excluding hydrogens is 643 g/mol. The molecule has 10 nitrogen and oxygen atoms in total. The Morgan fingerprint density at radius 3 is 2.34 bits per heavy atom. The minimum Gasteiger partial charge on any atom is -0.497 e. The van der Waals surface area contributed by atoms with Gasteiger partial charge in [-0.1, -0.05) is 42.7 Å². The minimum atomic E-state index is -4.92. The van der Waals surface area contributed by atoms with Gasteiger partial charge in [0.15, 0.2) is 0 Å². The number of fused-ring (bicyclic) bond motifs is 1. The highest BCUT2D eigenvalue weighted by molar-refractivity contribution is 6.30. The molecule has 2 N–H and O–H groups in total. The van der Waals surface area contributed by atoms with Crippen LogP contribution in [0.15, 0.2) is 59.8 Å². The van der Waals surface area contributed by atoms with Crippen molar-refractivity contribution in [2.75, 3.05) is 31.0 Å². The molecule has 1 aliphatic rings. The normalized spacial score (nSPS) is 15.0. The molecule has 47 heavy (non-hydrogen) atoms. The summed E-state index contributed by atoms with van der Waals surface area (Å²) in [5.74, 6) is -1.48. The van der Waals surface area contributed by atoms with Gasteiger partial charge in [-0.3, -0.25) is 4.79 Å². The van der Waals surface area contributed by atoms with Crippen LogP contribution in [-0.2, 0) is 19.8 Å². The first-order valence-electron chi connectivity index (χ1n) is 14.3. The van der Waals surface area contributed by atoms with E-state index in [0.29, 0.717) is 44.6 Å². The summed E-state index contributed by atoms with van der Waals surface area (Å²) in [6.07, 6.45) is -4.92. The number of oxime groups is 1. The van der Waals surface area contributed by atoms with Crippen LogP contribution < -0.4 is 24.4 Å². The SMILES string of the molecule is COc1cc(NC(C(=O)N2CC(C)(C)c3ccc(OC(F)(F)F)cc32)c2ccc(Cl)cc2OC)cc(/C(C)=N/OC(C)(C)C(=O)O)c1. The Morgan fingerprint density at radius 2 is 1.72 bits per heavy atom. The average molecular weight is 678 g/mol. The van der Waals surface area contributed by atoms with E-state index in [0.717, 1.165) is 0 Å². The van der Waals surface area contributed by atoms with Crippen molar-refractivity contribution < 1.29 is 46.9 Å². The zero-order valence-electron chi connectivity index (χ0n) is 26.8. The lowest BCUT2D eigenvalue weighted by Crippen LogP contribution is -2.40. The van der Waals surface area contributed by atoms with Gasteiger partial charge in [0.2, 0.25) is 5.60 Å². The van der Waals surface area contributed by atoms with Crippen LogP contribution >= 0.6 is 11.6 Å². The van der Waals surface area contributed by atoms with Gasteiger partial charge in [0.1, 0.15) is 23.3 Å². The number of halogens is 4. The molecule has 3 aromatic rings. The number of carboxylic acid groups (broad SMARTS) is 1. The van der Waals surface area contributed by atoms with Crippen molar-refractivity contribution in [1.29, 1.82) is 0 Å². The number of hydrogen-bond donors (Lipinski definition) is 2. The zero-order chi connectivity index (χ0) is 34.9. The maximum Gasteiger partial charge on any atom is 0.573 e. The molecule has 3 aromatic carbocycles. The van der Waals surface area contributed by atoms with Crippen molar-refractivity contribution in [2.45, 2.75) is 58.0 Å². The molecule has 0 radical (unpaired) electrons. The number of aliphatic carboxylic acids is 1. The number of methoxy groups -OCH3 is 2. The van der Waals surface area contributed by atoms with Crippen LogP contribution in [0.4, 0.5) is 24.5 Å². The van der Waals surface area contributed by atoms with Gasteiger partial charge in [-0.05, 0) is 56.7 Å². The Kier molecular flexibility index (Phi) is 9.91. The third kappa shape index (κ3) is 8.02. The maximum atomic E-state index is 14.6. The van der Waals surface area contributed by atoms with Gasteiger partial charge in [0, 0.05) is 45.9 Å². The van der Waals surface area contributed by atoms with Gasteiger partial charge in [-0.25, -0.2) is 4.79 Å². The van der Waals surface area contributed by atoms with Crippen molar-refractivity contribution >= 4 is 40.6 Å². The standard InChI is InChI=1S/C33H35ClF3N3O7/c1-18(39-47-32(4,5)30(42)43)19-12-21(15-23(13-19)44-6)38-28(24-10-8-20(34)14-27(24)45-7)29(41)40-17-31(2,3)25-11-9-22(16-26(25)40)46-33(35,36)37/h8-16,28,38H,17H2,1-7H3,(H,42,43)/b39-18+. The Hall–Kier alpha value is -4.65. The fourth-order valence-electron chi connectivity index (χ4n) is 5.07. The van der Waals surface area contributed by atoms with Crippen LogP contribution in [0.5, 0.6) is 17.2 Å². The molecule has 0 saturated heterocycles. The predicted molar refractivity (Wildman–Crippen MR) is 171 cm³/mol. The summed E-state index contributed by atoms with van der Waals surface area (Å²) in [7, 11) is 2.88. The van der Waals surface area contributed by atoms with Gasteiger partial charge in [-0.2, -0.15) is 0 Å². The Labute approximate surface area is 275 Å². The van der Waals surface area contributed by atoms with E-state index in [2.05, 4.69) is 15.2 Å². The third-order valence-corrected chi connectivity index (χ3v) is 7.83. The van der Waals surface area contributed by atoms with E-state index in [-0.39, 0.29) is 12.2 Å². The summed E-state index contributed by atoms with van der Waals surface area (Å²) in [4.78, 5) is 32.8. The van der Waals surface area contributed by atoms with Crippen molar-refractivity contribution in [3.63, 3.8) is 0 Å². The van der Waals surface area contributed by atoms with Gasteiger partial charge >= 0.3 is 12.3 Å². The lowest BCUT2D eigenvalue weighted by Gasteiger charge is -2.28. The highest BCUT2D eigenvalue weighted by atomic mass is 35.5. The molecule has 0 aliphatic carbocycles. The number of ether oxygens (including phenoxy) is 3. The number of benzene rings is 3. The predicted octanol–water partition coefficient (Wildman–Crippen LogP) is 7.34. The Morgan fingerprint density at radius 1 is 1.02 bits per heavy atom. The number of rotatable bonds is 11. The monoisotopic (exact) mass is 677 g/mol. The molecule has 0 fully saturated rings. The number of nitrogens with zero attached hydrogens (tertiary/aromatic N) is 2. The van der Waals surface area contributed by atoms with Crippen LogP contribution in [0.2, 0.25) is 5.02 Å². The molecular formula is C33H35ClF3N3O7. The first-order valence-corrected chi connectivity index (χ1v) is 14.7. The molecule has 1 heterocycles. The van der Waals surface area contributed by atoms with Crippen molar-refractivity contribution in [3.05, 3.63) is 76.3 Å². The fourth-order valence-corrected chi connectivity index (χ4v) is 5.23. The van der Waals surface area contributed by atoms with E-state index in [1.807, 2.05) is 13.8 Å². The fraction of sp³-hybridized carbons (Fsp3) is 0.364. The Bertz CT molecular complexity index is 1710. The van der Waals surface area contributed by atoms with E-state index in [1.165, 1.54) is 51.2 Å². The number of nitrogens with one attached hydrogen (secondary N) is 1. The Balaban J connectivity index is 1.81. The van der Waals surface area contributed by atoms with Gasteiger partial charge in [-0.15, -0.1) is 13.2 Å². The molecule has 1 amide bonds. The second kappa shape index (κ2) is 13.2. The highest BCUT2D eigenvalue weighted by Crippen LogP contribution is 2.45. The van der Waals surface area contributed by atoms with Crippen molar-refractivity contribution in [1.82, 2.24) is 0 Å². The summed E-state index contributed by atoms with van der Waals surface area (Å²) in [5.41, 5.74) is 0.359. The lowest BCUT2D eigenvalue weighted by molar-refractivity contribution is -0.274. The first-order chi connectivity index (χ1) is 21.8. The smallest absolute Gasteiger partial charge is 0.497 e. The number of hydrogen-bond acceptors (Lipinski definition) is 8. The molecule has 4 rings (SSSR count). The molecule has 0 saturated carbocycles. The van der Waals surface area contributed by atoms with E-state index in [4.69, 9.17) is 25.9 Å². The average Bonchev–Trinajstić information content (AvgIpc) is 3.26. The van der Waals surface area contributed by atoms with E-state index in [9.17, 15) is 27.9 Å². The van der Waals surface area contributed by atoms with Gasteiger partial charge in [0.25, 0.3) is 5.91 Å². The molecule has 1 aliphatic heterocycles. The number of carboxylic acids is 1. The van der Waals surface area contributed by atoms with E-state index in [1.54, 1.807) is 43.3 Å². The summed E-state index contributed by atoms with van der Waals surface area (Å²) in [6.45, 7) is 8.27. The summed E-state index contributed by atoms with van der Waals surface area (Å²) in [5, 5.41) is 17.0. The highest BCUT2D eigenvalue weighted by Gasteiger charge is 2.42. The number of alkyl halides is 3. The van der Waals surface area contributed by atoms with Crippen LogP contribution in [-0.4, -0.2) is 55.4 Å². The van der Waals surface area contributed by atoms with Crippen LogP contribution in [0.25, 0.3) is 0 Å². The topological polar surface area (TPSA) is 119 Å². The number of carbonyl (C=O) groups is 2. The molecule has 252 valence electrons. The summed E-state index contributed by atoms with van der Waals surface area (Å²) in [6, 6.07) is 12.5. The van der Waals surface area contributed by atoms with Crippen molar-refractivity contribution in [3.8, 4) is 17.2 Å². The summed E-state index contributed by atoms with van der Waals surface area (Å²) < 4.78 is 54.6. The van der Waals surface area contributed by atoms with E-state index >= 15 is 0 Å². The largest absolute Gasteiger partial charge is 0.573 e. The zero-order valence-corrected chi connectivity index (χ0v) is 27.5. The second-order valence-corrected chi connectivity index (χ2v) is 12.5. The molecule has 0 spiro atoms. The molecule has 14 heteroatoms. The molecule has 1 unspecified atom stereocenters. The molecule has 0 aromatic heterocycles. The third-order valence-electron chi connectivity index (χ3n) is 7.59. The first kappa shape index (κ1) is 35.2. The molecule has 1 atom stereocenters. The number of amides is 1. The van der Waals surface area contributed by atoms with Gasteiger partial charge in [0.05, 0.1) is 25.6 Å². The lowest BCUT2D eigenvalue weighted by atomic mass is 9.87. The van der Waals surface area contributed by atoms with Crippen LogP contribution in [0.3, 0.4) is 0 Å². The van der Waals surface area contributed by atoms with Crippen molar-refractivity contribution in [2.24, 2.45) is 5.16 Å². The summed E-state index contributed by atoms with van der Waals surface area (Å²) >= 11 is 6.24. The van der Waals surface area contributed by atoms with Crippen LogP contribution in [0.1, 0.15) is 57.4 Å². The van der Waals surface area contributed by atoms with Crippen LogP contribution in [0, 0.1) is 0 Å². The number of carbonyl (C=O) groups excluding carboxylic acids is 1. The van der Waals surface area contributed by atoms with Gasteiger partial charge < -0.3 is 34.4 Å². The quantitative estimate of drug-likeness (QED) is 0.160. The minimum absolute atomic E-state index is 0.163. The van der Waals surface area contributed by atoms with E-state index < -0.39 is 41.0 Å².